The molecule has 1 aliphatic rings. The van der Waals surface area contributed by atoms with Gasteiger partial charge in [0.25, 0.3) is 0 Å². The summed E-state index contributed by atoms with van der Waals surface area (Å²) in [7, 11) is 0. The topological polar surface area (TPSA) is 101 Å². The number of carbonyl (C=O) groups is 2. The number of hydrogen-bond acceptors (Lipinski definition) is 5. The zero-order chi connectivity index (χ0) is 22.1. The van der Waals surface area contributed by atoms with Gasteiger partial charge in [0.15, 0.2) is 12.0 Å². The van der Waals surface area contributed by atoms with Gasteiger partial charge in [-0.1, -0.05) is 42.5 Å². The Balaban J connectivity index is 1.44. The molecule has 0 saturated carbocycles. The van der Waals surface area contributed by atoms with E-state index in [9.17, 15) is 9.59 Å². The van der Waals surface area contributed by atoms with Gasteiger partial charge in [-0.2, -0.15) is 5.10 Å². The molecule has 2 aromatic heterocycles. The number of nitrogens with zero attached hydrogens (tertiary/aromatic N) is 2. The lowest BCUT2D eigenvalue weighted by Gasteiger charge is -2.30. The lowest BCUT2D eigenvalue weighted by molar-refractivity contribution is -0.125. The molecule has 0 bridgehead atoms. The van der Waals surface area contributed by atoms with Crippen LogP contribution in [0, 0.1) is 0 Å². The average molecular weight is 429 g/mol. The van der Waals surface area contributed by atoms with E-state index in [1.807, 2.05) is 49.4 Å². The maximum atomic E-state index is 13.0. The highest BCUT2D eigenvalue weighted by Crippen LogP contribution is 2.26. The van der Waals surface area contributed by atoms with E-state index in [1.54, 1.807) is 29.1 Å². The molecule has 2 atom stereocenters. The molecule has 0 spiro atoms. The molecule has 1 saturated heterocycles. The van der Waals surface area contributed by atoms with Gasteiger partial charge in [0, 0.05) is 18.5 Å². The van der Waals surface area contributed by atoms with Crippen molar-refractivity contribution in [2.24, 2.45) is 0 Å². The molecule has 3 N–H and O–H groups in total. The number of nitrogens with one attached hydrogen (secondary N) is 3. The summed E-state index contributed by atoms with van der Waals surface area (Å²) in [6.45, 7) is 1.93. The molecule has 8 nitrogen and oxygen atoms in total. The Morgan fingerprint density at radius 1 is 1.19 bits per heavy atom. The maximum Gasteiger partial charge on any atom is 0.229 e. The standard InChI is InChI=1S/C24H23N5O3/c1-15-12-22(30)27-24(25-15)29-21(14-19(28-29)20-10-5-11-32-20)26-23(31)13-17-8-4-7-16-6-2-3-9-18(16)17/h2-11,14-15,24-25H,12-13H2,1H3,(H,26,31)(H,27,30). The lowest BCUT2D eigenvalue weighted by Crippen LogP contribution is -2.52. The molecule has 4 aromatic rings. The van der Waals surface area contributed by atoms with E-state index in [0.29, 0.717) is 23.7 Å². The Morgan fingerprint density at radius 3 is 2.84 bits per heavy atom. The normalized spacial score (nSPS) is 18.5. The van der Waals surface area contributed by atoms with Crippen molar-refractivity contribution in [3.8, 4) is 11.5 Å². The summed E-state index contributed by atoms with van der Waals surface area (Å²) >= 11 is 0. The monoisotopic (exact) mass is 429 g/mol. The van der Waals surface area contributed by atoms with Gasteiger partial charge in [-0.3, -0.25) is 14.9 Å². The summed E-state index contributed by atoms with van der Waals surface area (Å²) in [4.78, 5) is 25.1. The van der Waals surface area contributed by atoms with Crippen LogP contribution in [0.1, 0.15) is 25.2 Å². The van der Waals surface area contributed by atoms with Gasteiger partial charge in [0.05, 0.1) is 12.7 Å². The minimum absolute atomic E-state index is 0.0238. The molecule has 2 aromatic carbocycles. The first-order chi connectivity index (χ1) is 15.6. The van der Waals surface area contributed by atoms with Crippen LogP contribution in [0.25, 0.3) is 22.2 Å². The molecule has 5 rings (SSSR count). The smallest absolute Gasteiger partial charge is 0.229 e. The molecule has 1 fully saturated rings. The van der Waals surface area contributed by atoms with Gasteiger partial charge in [-0.15, -0.1) is 0 Å². The van der Waals surface area contributed by atoms with Crippen LogP contribution in [-0.4, -0.2) is 27.6 Å². The largest absolute Gasteiger partial charge is 0.463 e. The fourth-order valence-corrected chi connectivity index (χ4v) is 4.03. The summed E-state index contributed by atoms with van der Waals surface area (Å²) in [5.74, 6) is 0.782. The van der Waals surface area contributed by atoms with Crippen molar-refractivity contribution in [3.63, 3.8) is 0 Å². The number of furan rings is 1. The molecule has 162 valence electrons. The van der Waals surface area contributed by atoms with Crippen LogP contribution >= 0.6 is 0 Å². The van der Waals surface area contributed by atoms with Gasteiger partial charge >= 0.3 is 0 Å². The molecule has 1 aliphatic heterocycles. The summed E-state index contributed by atoms with van der Waals surface area (Å²) in [6.07, 6.45) is 1.58. The van der Waals surface area contributed by atoms with E-state index in [2.05, 4.69) is 21.0 Å². The van der Waals surface area contributed by atoms with Crippen molar-refractivity contribution in [2.45, 2.75) is 32.1 Å². The number of anilines is 1. The lowest BCUT2D eigenvalue weighted by atomic mass is 10.0. The van der Waals surface area contributed by atoms with Crippen LogP contribution in [0.3, 0.4) is 0 Å². The van der Waals surface area contributed by atoms with Crippen molar-refractivity contribution in [2.75, 3.05) is 5.32 Å². The Labute approximate surface area is 184 Å². The van der Waals surface area contributed by atoms with E-state index < -0.39 is 6.29 Å². The van der Waals surface area contributed by atoms with Gasteiger partial charge in [-0.05, 0) is 35.4 Å². The predicted octanol–water partition coefficient (Wildman–Crippen LogP) is 3.43. The quantitative estimate of drug-likeness (QED) is 0.451. The molecular weight excluding hydrogens is 406 g/mol. The van der Waals surface area contributed by atoms with Crippen LogP contribution in [0.5, 0.6) is 0 Å². The summed E-state index contributed by atoms with van der Waals surface area (Å²) < 4.78 is 7.05. The molecule has 32 heavy (non-hydrogen) atoms. The van der Waals surface area contributed by atoms with Crippen LogP contribution in [-0.2, 0) is 16.0 Å². The van der Waals surface area contributed by atoms with E-state index in [4.69, 9.17) is 4.42 Å². The number of benzene rings is 2. The summed E-state index contributed by atoms with van der Waals surface area (Å²) in [5.41, 5.74) is 1.50. The van der Waals surface area contributed by atoms with Crippen molar-refractivity contribution in [3.05, 3.63) is 72.5 Å². The van der Waals surface area contributed by atoms with E-state index >= 15 is 0 Å². The van der Waals surface area contributed by atoms with Gasteiger partial charge in [-0.25, -0.2) is 4.68 Å². The van der Waals surface area contributed by atoms with Crippen LogP contribution in [0.4, 0.5) is 5.82 Å². The number of fused-ring (bicyclic) bond motifs is 1. The van der Waals surface area contributed by atoms with Crippen molar-refractivity contribution >= 4 is 28.4 Å². The second kappa shape index (κ2) is 8.32. The van der Waals surface area contributed by atoms with Gasteiger partial charge in [0.2, 0.25) is 11.8 Å². The molecule has 3 heterocycles. The second-order valence-electron chi connectivity index (χ2n) is 7.94. The molecule has 0 radical (unpaired) electrons. The molecule has 0 aliphatic carbocycles. The molecule has 2 amide bonds. The molecule has 2 unspecified atom stereocenters. The van der Waals surface area contributed by atoms with Crippen molar-refractivity contribution < 1.29 is 14.0 Å². The number of rotatable bonds is 5. The first kappa shape index (κ1) is 20.0. The fraction of sp³-hybridized carbons (Fsp3) is 0.208. The highest BCUT2D eigenvalue weighted by atomic mass is 16.3. The zero-order valence-electron chi connectivity index (χ0n) is 17.5. The molecular formula is C24H23N5O3. The third-order valence-electron chi connectivity index (χ3n) is 5.48. The van der Waals surface area contributed by atoms with Crippen LogP contribution in [0.2, 0.25) is 0 Å². The third-order valence-corrected chi connectivity index (χ3v) is 5.48. The Kier molecular flexibility index (Phi) is 5.20. The Morgan fingerprint density at radius 2 is 2.03 bits per heavy atom. The number of aromatic nitrogens is 2. The first-order valence-corrected chi connectivity index (χ1v) is 10.5. The van der Waals surface area contributed by atoms with Crippen LogP contribution in [0.15, 0.2) is 71.3 Å². The zero-order valence-corrected chi connectivity index (χ0v) is 17.5. The Bertz CT molecular complexity index is 1270. The minimum Gasteiger partial charge on any atom is -0.463 e. The fourth-order valence-electron chi connectivity index (χ4n) is 4.03. The number of carbonyl (C=O) groups excluding carboxylic acids is 2. The van der Waals surface area contributed by atoms with Crippen molar-refractivity contribution in [1.29, 1.82) is 0 Å². The van der Waals surface area contributed by atoms with Gasteiger partial charge in [0.1, 0.15) is 11.5 Å². The second-order valence-corrected chi connectivity index (χ2v) is 7.94. The Hall–Kier alpha value is -3.91. The highest BCUT2D eigenvalue weighted by Gasteiger charge is 2.27. The van der Waals surface area contributed by atoms with Crippen molar-refractivity contribution in [1.82, 2.24) is 20.4 Å². The summed E-state index contributed by atoms with van der Waals surface area (Å²) in [5, 5.41) is 15.9. The average Bonchev–Trinajstić information content (AvgIpc) is 3.43. The van der Waals surface area contributed by atoms with Crippen LogP contribution < -0.4 is 16.0 Å². The van der Waals surface area contributed by atoms with E-state index in [-0.39, 0.29) is 24.3 Å². The van der Waals surface area contributed by atoms with E-state index in [0.717, 1.165) is 16.3 Å². The SMILES string of the molecule is CC1CC(=O)NC(n2nc(-c3ccco3)cc2NC(=O)Cc2cccc3ccccc23)N1. The number of amides is 2. The van der Waals surface area contributed by atoms with Gasteiger partial charge < -0.3 is 15.1 Å². The minimum atomic E-state index is -0.581. The van der Waals surface area contributed by atoms with E-state index in [1.165, 1.54) is 0 Å². The number of hydrogen-bond donors (Lipinski definition) is 3. The first-order valence-electron chi connectivity index (χ1n) is 10.5. The predicted molar refractivity (Wildman–Crippen MR) is 121 cm³/mol. The summed E-state index contributed by atoms with van der Waals surface area (Å²) in [6, 6.07) is 19.2. The maximum absolute atomic E-state index is 13.0. The highest BCUT2D eigenvalue weighted by molar-refractivity contribution is 5.96. The molecule has 8 heteroatoms. The third kappa shape index (κ3) is 4.00.